The number of amides is 1. The highest BCUT2D eigenvalue weighted by Gasteiger charge is 2.36. The van der Waals surface area contributed by atoms with Gasteiger partial charge >= 0.3 is 0 Å². The van der Waals surface area contributed by atoms with Crippen LogP contribution in [-0.4, -0.2) is 36.6 Å². The number of nitrogens with zero attached hydrogens (tertiary/aromatic N) is 1. The van der Waals surface area contributed by atoms with E-state index in [1.54, 1.807) is 7.11 Å². The van der Waals surface area contributed by atoms with Crippen molar-refractivity contribution in [1.29, 1.82) is 0 Å². The van der Waals surface area contributed by atoms with Gasteiger partial charge in [-0.15, -0.1) is 0 Å². The smallest absolute Gasteiger partial charge is 0.234 e. The van der Waals surface area contributed by atoms with Gasteiger partial charge in [0.05, 0.1) is 18.7 Å². The van der Waals surface area contributed by atoms with E-state index in [4.69, 9.17) is 14.9 Å². The van der Waals surface area contributed by atoms with E-state index in [1.807, 2.05) is 17.0 Å². The summed E-state index contributed by atoms with van der Waals surface area (Å²) in [5.74, 6) is 0.495. The molecule has 5 nitrogen and oxygen atoms in total. The van der Waals surface area contributed by atoms with E-state index in [9.17, 15) is 4.79 Å². The van der Waals surface area contributed by atoms with Gasteiger partial charge in [-0.3, -0.25) is 9.69 Å². The Kier molecular flexibility index (Phi) is 3.86. The van der Waals surface area contributed by atoms with Gasteiger partial charge in [0.25, 0.3) is 0 Å². The molecule has 1 aliphatic rings. The van der Waals surface area contributed by atoms with Crippen molar-refractivity contribution in [1.82, 2.24) is 4.90 Å². The molecule has 1 aliphatic heterocycles. The Morgan fingerprint density at radius 2 is 2.47 bits per heavy atom. The number of hydrogen-bond acceptors (Lipinski definition) is 4. The lowest BCUT2D eigenvalue weighted by atomic mass is 10.2. The first kappa shape index (κ1) is 12.6. The van der Waals surface area contributed by atoms with E-state index < -0.39 is 0 Å². The van der Waals surface area contributed by atoms with Crippen molar-refractivity contribution >= 4 is 21.8 Å². The first-order valence-corrected chi connectivity index (χ1v) is 6.20. The highest BCUT2D eigenvalue weighted by atomic mass is 79.9. The second-order valence-electron chi connectivity index (χ2n) is 4.15. The average Bonchev–Trinajstić information content (AvgIpc) is 2.85. The van der Waals surface area contributed by atoms with Gasteiger partial charge in [-0.25, -0.2) is 0 Å². The van der Waals surface area contributed by atoms with Crippen LogP contribution in [0.1, 0.15) is 12.2 Å². The number of ether oxygens (including phenoxy) is 1. The molecule has 0 radical (unpaired) electrons. The van der Waals surface area contributed by atoms with Crippen molar-refractivity contribution < 1.29 is 13.9 Å². The Morgan fingerprint density at radius 1 is 1.71 bits per heavy atom. The van der Waals surface area contributed by atoms with E-state index in [-0.39, 0.29) is 18.1 Å². The van der Waals surface area contributed by atoms with Crippen molar-refractivity contribution in [3.63, 3.8) is 0 Å². The number of carbonyl (C=O) groups excluding carboxylic acids is 1. The lowest BCUT2D eigenvalue weighted by Gasteiger charge is -2.19. The molecular formula is C11H15BrN2O3. The molecule has 2 rings (SSSR count). The topological polar surface area (TPSA) is 68.7 Å². The van der Waals surface area contributed by atoms with E-state index in [1.165, 1.54) is 0 Å². The normalized spacial score (nSPS) is 25.3. The SMILES string of the molecule is CO[C@H]1C[C@@H](C(N)=O)N(Cc2ccc(Br)o2)C1. The lowest BCUT2D eigenvalue weighted by molar-refractivity contribution is -0.122. The number of primary amides is 1. The number of hydrogen-bond donors (Lipinski definition) is 1. The van der Waals surface area contributed by atoms with Crippen LogP contribution in [0.15, 0.2) is 21.2 Å². The predicted molar refractivity (Wildman–Crippen MR) is 65.2 cm³/mol. The van der Waals surface area contributed by atoms with Crippen LogP contribution in [-0.2, 0) is 16.1 Å². The average molecular weight is 303 g/mol. The molecule has 6 heteroatoms. The fraction of sp³-hybridized carbons (Fsp3) is 0.545. The fourth-order valence-electron chi connectivity index (χ4n) is 2.14. The number of rotatable bonds is 4. The van der Waals surface area contributed by atoms with Gasteiger partial charge in [-0.1, -0.05) is 0 Å². The Labute approximate surface area is 108 Å². The van der Waals surface area contributed by atoms with Gasteiger partial charge in [0.15, 0.2) is 4.67 Å². The Bertz CT molecular complexity index is 407. The molecule has 0 bridgehead atoms. The lowest BCUT2D eigenvalue weighted by Crippen LogP contribution is -2.39. The maximum absolute atomic E-state index is 11.4. The summed E-state index contributed by atoms with van der Waals surface area (Å²) in [5, 5.41) is 0. The van der Waals surface area contributed by atoms with Gasteiger partial charge in [0, 0.05) is 13.7 Å². The zero-order valence-corrected chi connectivity index (χ0v) is 11.1. The van der Waals surface area contributed by atoms with Gasteiger partial charge < -0.3 is 14.9 Å². The number of carbonyl (C=O) groups is 1. The first-order chi connectivity index (χ1) is 8.10. The van der Waals surface area contributed by atoms with E-state index in [2.05, 4.69) is 15.9 Å². The van der Waals surface area contributed by atoms with Crippen LogP contribution < -0.4 is 5.73 Å². The Hall–Kier alpha value is -0.850. The van der Waals surface area contributed by atoms with Crippen LogP contribution in [0.25, 0.3) is 0 Å². The summed E-state index contributed by atoms with van der Waals surface area (Å²) in [6.07, 6.45) is 0.708. The van der Waals surface area contributed by atoms with E-state index >= 15 is 0 Å². The van der Waals surface area contributed by atoms with E-state index in [0.717, 1.165) is 5.76 Å². The minimum absolute atomic E-state index is 0.0610. The van der Waals surface area contributed by atoms with Crippen LogP contribution in [0.2, 0.25) is 0 Å². The Balaban J connectivity index is 2.05. The van der Waals surface area contributed by atoms with Gasteiger partial charge in [0.1, 0.15) is 5.76 Å². The largest absolute Gasteiger partial charge is 0.453 e. The third-order valence-corrected chi connectivity index (χ3v) is 3.44. The van der Waals surface area contributed by atoms with Crippen LogP contribution in [0, 0.1) is 0 Å². The van der Waals surface area contributed by atoms with Crippen LogP contribution in [0.4, 0.5) is 0 Å². The molecule has 0 aromatic carbocycles. The molecule has 2 heterocycles. The monoisotopic (exact) mass is 302 g/mol. The fourth-order valence-corrected chi connectivity index (χ4v) is 2.48. The molecule has 1 saturated heterocycles. The molecule has 0 unspecified atom stereocenters. The standard InChI is InChI=1S/C11H15BrN2O3/c1-16-8-4-9(11(13)15)14(6-8)5-7-2-3-10(12)17-7/h2-3,8-9H,4-6H2,1H3,(H2,13,15)/t8-,9-/m0/s1. The molecule has 1 fully saturated rings. The van der Waals surface area contributed by atoms with Crippen molar-refractivity contribution in [2.24, 2.45) is 5.73 Å². The summed E-state index contributed by atoms with van der Waals surface area (Å²) < 4.78 is 11.4. The van der Waals surface area contributed by atoms with Crippen molar-refractivity contribution in [2.75, 3.05) is 13.7 Å². The number of furan rings is 1. The highest BCUT2D eigenvalue weighted by molar-refractivity contribution is 9.10. The quantitative estimate of drug-likeness (QED) is 0.905. The van der Waals surface area contributed by atoms with Gasteiger partial charge in [-0.05, 0) is 34.5 Å². The van der Waals surface area contributed by atoms with Crippen LogP contribution in [0.5, 0.6) is 0 Å². The molecule has 2 atom stereocenters. The van der Waals surface area contributed by atoms with Crippen molar-refractivity contribution in [3.8, 4) is 0 Å². The van der Waals surface area contributed by atoms with Crippen LogP contribution in [0.3, 0.4) is 0 Å². The number of halogens is 1. The molecule has 0 spiro atoms. The molecule has 94 valence electrons. The molecule has 1 aromatic rings. The maximum atomic E-state index is 11.4. The van der Waals surface area contributed by atoms with Gasteiger partial charge in [-0.2, -0.15) is 0 Å². The molecule has 1 aromatic heterocycles. The van der Waals surface area contributed by atoms with Gasteiger partial charge in [0.2, 0.25) is 5.91 Å². The molecule has 0 saturated carbocycles. The van der Waals surface area contributed by atoms with Crippen LogP contribution >= 0.6 is 15.9 Å². The Morgan fingerprint density at radius 3 is 3.00 bits per heavy atom. The summed E-state index contributed by atoms with van der Waals surface area (Å²) in [6.45, 7) is 1.27. The minimum atomic E-state index is -0.310. The number of methoxy groups -OCH3 is 1. The highest BCUT2D eigenvalue weighted by Crippen LogP contribution is 2.23. The number of likely N-dealkylation sites (tertiary alicyclic amines) is 1. The molecule has 0 aliphatic carbocycles. The zero-order valence-electron chi connectivity index (χ0n) is 9.56. The summed E-state index contributed by atoms with van der Waals surface area (Å²) in [7, 11) is 1.65. The minimum Gasteiger partial charge on any atom is -0.453 e. The third-order valence-electron chi connectivity index (χ3n) is 3.01. The molecule has 17 heavy (non-hydrogen) atoms. The summed E-state index contributed by atoms with van der Waals surface area (Å²) in [6, 6.07) is 3.43. The summed E-state index contributed by atoms with van der Waals surface area (Å²) in [4.78, 5) is 13.3. The summed E-state index contributed by atoms with van der Waals surface area (Å²) >= 11 is 3.25. The number of nitrogens with two attached hydrogens (primary N) is 1. The first-order valence-electron chi connectivity index (χ1n) is 5.40. The second-order valence-corrected chi connectivity index (χ2v) is 4.93. The summed E-state index contributed by atoms with van der Waals surface area (Å²) in [5.41, 5.74) is 5.39. The third kappa shape index (κ3) is 2.88. The predicted octanol–water partition coefficient (Wildman–Crippen LogP) is 1.12. The maximum Gasteiger partial charge on any atom is 0.234 e. The molecule has 1 amide bonds. The van der Waals surface area contributed by atoms with E-state index in [0.29, 0.717) is 24.2 Å². The van der Waals surface area contributed by atoms with Crippen molar-refractivity contribution in [3.05, 3.63) is 22.6 Å². The molecule has 2 N–H and O–H groups in total. The zero-order chi connectivity index (χ0) is 12.4. The van der Waals surface area contributed by atoms with Crippen molar-refractivity contribution in [2.45, 2.75) is 25.1 Å². The second kappa shape index (κ2) is 5.20. The molecular weight excluding hydrogens is 288 g/mol.